The van der Waals surface area contributed by atoms with Gasteiger partial charge in [-0.1, -0.05) is 6.92 Å². The number of hydrogen-bond acceptors (Lipinski definition) is 4. The zero-order chi connectivity index (χ0) is 13.9. The summed E-state index contributed by atoms with van der Waals surface area (Å²) in [5.74, 6) is 2.94. The number of aliphatic hydroxyl groups is 1. The first-order valence-corrected chi connectivity index (χ1v) is 7.77. The number of furan rings is 1. The minimum absolute atomic E-state index is 0.0842. The summed E-state index contributed by atoms with van der Waals surface area (Å²) in [7, 11) is 0. The minimum atomic E-state index is -0.648. The molecule has 3 fully saturated rings. The standard InChI is InChI=1S/C16H23NO3/c1-9-6-11(9)12-3-4-13(20-12)15(18)16(8-17)7-10-2-5-14(16)19-10/h3-4,9-11,14-15,18H,2,5-8,17H2,1H3. The second kappa shape index (κ2) is 4.33. The van der Waals surface area contributed by atoms with Gasteiger partial charge in [-0.05, 0) is 43.7 Å². The first-order chi connectivity index (χ1) is 9.64. The predicted octanol–water partition coefficient (Wildman–Crippen LogP) is 2.33. The van der Waals surface area contributed by atoms with E-state index in [1.54, 1.807) is 0 Å². The van der Waals surface area contributed by atoms with Crippen LogP contribution in [0.2, 0.25) is 0 Å². The van der Waals surface area contributed by atoms with Crippen LogP contribution in [0.4, 0.5) is 0 Å². The Hall–Kier alpha value is -0.840. The van der Waals surface area contributed by atoms with E-state index < -0.39 is 6.10 Å². The summed E-state index contributed by atoms with van der Waals surface area (Å²) in [4.78, 5) is 0. The zero-order valence-electron chi connectivity index (χ0n) is 11.9. The molecule has 2 saturated heterocycles. The topological polar surface area (TPSA) is 68.6 Å². The highest BCUT2D eigenvalue weighted by atomic mass is 16.5. The van der Waals surface area contributed by atoms with Gasteiger partial charge in [0.15, 0.2) is 0 Å². The largest absolute Gasteiger partial charge is 0.463 e. The van der Waals surface area contributed by atoms with Crippen LogP contribution in [0.25, 0.3) is 0 Å². The Morgan fingerprint density at radius 3 is 2.80 bits per heavy atom. The number of rotatable bonds is 4. The summed E-state index contributed by atoms with van der Waals surface area (Å²) in [5.41, 5.74) is 5.66. The van der Waals surface area contributed by atoms with E-state index >= 15 is 0 Å². The molecular weight excluding hydrogens is 254 g/mol. The number of nitrogens with two attached hydrogens (primary N) is 1. The molecule has 1 aliphatic carbocycles. The molecule has 3 heterocycles. The van der Waals surface area contributed by atoms with E-state index in [-0.39, 0.29) is 17.6 Å². The van der Waals surface area contributed by atoms with Crippen molar-refractivity contribution < 1.29 is 14.3 Å². The van der Waals surface area contributed by atoms with Crippen LogP contribution in [0.1, 0.15) is 56.1 Å². The van der Waals surface area contributed by atoms with Gasteiger partial charge in [0.05, 0.1) is 12.2 Å². The Morgan fingerprint density at radius 2 is 2.25 bits per heavy atom. The van der Waals surface area contributed by atoms with Crippen molar-refractivity contribution in [2.45, 2.75) is 56.8 Å². The second-order valence-electron chi connectivity index (χ2n) is 6.93. The Balaban J connectivity index is 1.59. The highest BCUT2D eigenvalue weighted by Gasteiger charge is 2.56. The third-order valence-electron chi connectivity index (χ3n) is 5.67. The zero-order valence-corrected chi connectivity index (χ0v) is 11.9. The van der Waals surface area contributed by atoms with Crippen molar-refractivity contribution in [3.8, 4) is 0 Å². The Labute approximate surface area is 119 Å². The molecular formula is C16H23NO3. The van der Waals surface area contributed by atoms with Crippen LogP contribution in [-0.4, -0.2) is 23.9 Å². The molecule has 4 heteroatoms. The van der Waals surface area contributed by atoms with Gasteiger partial charge in [-0.15, -0.1) is 0 Å². The summed E-state index contributed by atoms with van der Waals surface area (Å²) in [5, 5.41) is 10.8. The molecule has 0 radical (unpaired) electrons. The van der Waals surface area contributed by atoms with E-state index in [0.717, 1.165) is 25.0 Å². The van der Waals surface area contributed by atoms with Gasteiger partial charge < -0.3 is 20.0 Å². The third-order valence-corrected chi connectivity index (χ3v) is 5.67. The van der Waals surface area contributed by atoms with Crippen molar-refractivity contribution in [1.82, 2.24) is 0 Å². The summed E-state index contributed by atoms with van der Waals surface area (Å²) >= 11 is 0. The Morgan fingerprint density at radius 1 is 1.45 bits per heavy atom. The molecule has 3 N–H and O–H groups in total. The summed E-state index contributed by atoms with van der Waals surface area (Å²) in [6, 6.07) is 3.94. The Kier molecular flexibility index (Phi) is 2.78. The number of fused-ring (bicyclic) bond motifs is 2. The van der Waals surface area contributed by atoms with E-state index in [0.29, 0.717) is 24.1 Å². The quantitative estimate of drug-likeness (QED) is 0.886. The van der Waals surface area contributed by atoms with E-state index in [1.165, 1.54) is 6.42 Å². The SMILES string of the molecule is CC1CC1c1ccc(C(O)C2(CN)CC3CCC2O3)o1. The Bertz CT molecular complexity index is 514. The van der Waals surface area contributed by atoms with Crippen molar-refractivity contribution >= 4 is 0 Å². The van der Waals surface area contributed by atoms with Crippen molar-refractivity contribution in [1.29, 1.82) is 0 Å². The van der Waals surface area contributed by atoms with Crippen LogP contribution in [0.5, 0.6) is 0 Å². The lowest BCUT2D eigenvalue weighted by Gasteiger charge is -2.37. The first kappa shape index (κ1) is 12.9. The van der Waals surface area contributed by atoms with Crippen LogP contribution in [0.3, 0.4) is 0 Å². The van der Waals surface area contributed by atoms with Crippen LogP contribution in [0.15, 0.2) is 16.5 Å². The van der Waals surface area contributed by atoms with Crippen LogP contribution < -0.4 is 5.73 Å². The number of ether oxygens (including phenoxy) is 1. The monoisotopic (exact) mass is 277 g/mol. The smallest absolute Gasteiger partial charge is 0.133 e. The van der Waals surface area contributed by atoms with E-state index in [9.17, 15) is 5.11 Å². The maximum absolute atomic E-state index is 10.8. The molecule has 6 unspecified atom stereocenters. The average molecular weight is 277 g/mol. The molecule has 4 nitrogen and oxygen atoms in total. The van der Waals surface area contributed by atoms with Gasteiger partial charge in [0.2, 0.25) is 0 Å². The van der Waals surface area contributed by atoms with E-state index in [1.807, 2.05) is 12.1 Å². The maximum atomic E-state index is 10.8. The highest BCUT2D eigenvalue weighted by molar-refractivity contribution is 5.21. The molecule has 0 spiro atoms. The van der Waals surface area contributed by atoms with Crippen LogP contribution in [0, 0.1) is 11.3 Å². The summed E-state index contributed by atoms with van der Waals surface area (Å²) < 4.78 is 11.8. The summed E-state index contributed by atoms with van der Waals surface area (Å²) in [6.45, 7) is 2.68. The third kappa shape index (κ3) is 1.71. The minimum Gasteiger partial charge on any atom is -0.463 e. The second-order valence-corrected chi connectivity index (χ2v) is 6.93. The molecule has 1 aromatic heterocycles. The van der Waals surface area contributed by atoms with Crippen LogP contribution in [-0.2, 0) is 4.74 Å². The van der Waals surface area contributed by atoms with Gasteiger partial charge in [0, 0.05) is 17.9 Å². The van der Waals surface area contributed by atoms with Gasteiger partial charge in [-0.2, -0.15) is 0 Å². The average Bonchev–Trinajstić information content (AvgIpc) is 2.95. The number of hydrogen-bond donors (Lipinski definition) is 2. The maximum Gasteiger partial charge on any atom is 0.133 e. The molecule has 3 aliphatic rings. The fraction of sp³-hybridized carbons (Fsp3) is 0.750. The lowest BCUT2D eigenvalue weighted by Crippen LogP contribution is -2.44. The van der Waals surface area contributed by atoms with Crippen molar-refractivity contribution in [2.75, 3.05) is 6.54 Å². The molecule has 4 rings (SSSR count). The van der Waals surface area contributed by atoms with Crippen molar-refractivity contribution in [2.24, 2.45) is 17.1 Å². The fourth-order valence-electron chi connectivity index (χ4n) is 4.16. The van der Waals surface area contributed by atoms with Crippen molar-refractivity contribution in [3.63, 3.8) is 0 Å². The predicted molar refractivity (Wildman–Crippen MR) is 74.2 cm³/mol. The van der Waals surface area contributed by atoms with Gasteiger partial charge in [0.25, 0.3) is 0 Å². The van der Waals surface area contributed by atoms with Crippen LogP contribution >= 0.6 is 0 Å². The van der Waals surface area contributed by atoms with Crippen molar-refractivity contribution in [3.05, 3.63) is 23.7 Å². The molecule has 1 saturated carbocycles. The fourth-order valence-corrected chi connectivity index (χ4v) is 4.16. The van der Waals surface area contributed by atoms with Gasteiger partial charge >= 0.3 is 0 Å². The van der Waals surface area contributed by atoms with E-state index in [2.05, 4.69) is 6.92 Å². The highest BCUT2D eigenvalue weighted by Crippen LogP contribution is 2.54. The molecule has 20 heavy (non-hydrogen) atoms. The lowest BCUT2D eigenvalue weighted by atomic mass is 9.69. The molecule has 0 aromatic carbocycles. The molecule has 2 aliphatic heterocycles. The van der Waals surface area contributed by atoms with Gasteiger partial charge in [-0.25, -0.2) is 0 Å². The lowest BCUT2D eigenvalue weighted by molar-refractivity contribution is -0.0371. The molecule has 110 valence electrons. The van der Waals surface area contributed by atoms with Gasteiger partial charge in [0.1, 0.15) is 17.6 Å². The first-order valence-electron chi connectivity index (χ1n) is 7.77. The molecule has 2 bridgehead atoms. The summed E-state index contributed by atoms with van der Waals surface area (Å²) in [6.07, 6.45) is 3.86. The van der Waals surface area contributed by atoms with E-state index in [4.69, 9.17) is 14.9 Å². The molecule has 0 amide bonds. The number of aliphatic hydroxyl groups excluding tert-OH is 1. The normalized spacial score (nSPS) is 44.0. The van der Waals surface area contributed by atoms with Gasteiger partial charge in [-0.3, -0.25) is 0 Å². The molecule has 6 atom stereocenters. The molecule has 1 aromatic rings.